The number of nitrogen functional groups attached to an aromatic ring is 1. The normalized spacial score (nSPS) is 9.92. The van der Waals surface area contributed by atoms with Crippen molar-refractivity contribution in [3.63, 3.8) is 0 Å². The zero-order chi connectivity index (χ0) is 8.55. The van der Waals surface area contributed by atoms with E-state index in [-0.39, 0.29) is 11.5 Å². The standard InChI is InChI=1S/C6H4N6/c7-3-4-6(8)12-5(11-10-4)1-2-9-12/h1-2H,8H2. The molecule has 2 heterocycles. The quantitative estimate of drug-likeness (QED) is 0.564. The summed E-state index contributed by atoms with van der Waals surface area (Å²) in [5.74, 6) is 0.215. The van der Waals surface area contributed by atoms with Gasteiger partial charge in [-0.05, 0) is 0 Å². The van der Waals surface area contributed by atoms with E-state index in [4.69, 9.17) is 11.0 Å². The van der Waals surface area contributed by atoms with E-state index in [0.29, 0.717) is 5.65 Å². The maximum absolute atomic E-state index is 8.54. The molecule has 2 N–H and O–H groups in total. The molecule has 0 saturated heterocycles. The van der Waals surface area contributed by atoms with E-state index in [1.54, 1.807) is 12.3 Å². The highest BCUT2D eigenvalue weighted by molar-refractivity contribution is 5.50. The van der Waals surface area contributed by atoms with Crippen molar-refractivity contribution in [2.24, 2.45) is 0 Å². The van der Waals surface area contributed by atoms with Crippen LogP contribution in [0.2, 0.25) is 0 Å². The number of fused-ring (bicyclic) bond motifs is 1. The lowest BCUT2D eigenvalue weighted by Gasteiger charge is -1.96. The molecular formula is C6H4N6. The van der Waals surface area contributed by atoms with Crippen LogP contribution in [-0.4, -0.2) is 19.8 Å². The molecule has 0 aromatic carbocycles. The molecule has 0 unspecified atom stereocenters. The summed E-state index contributed by atoms with van der Waals surface area (Å²) < 4.78 is 1.37. The maximum Gasteiger partial charge on any atom is 0.205 e. The summed E-state index contributed by atoms with van der Waals surface area (Å²) in [5, 5.41) is 19.7. The second-order valence-electron chi connectivity index (χ2n) is 2.15. The average Bonchev–Trinajstić information content (AvgIpc) is 2.53. The van der Waals surface area contributed by atoms with Crippen molar-refractivity contribution in [2.75, 3.05) is 5.73 Å². The summed E-state index contributed by atoms with van der Waals surface area (Å²) in [6.45, 7) is 0. The van der Waals surface area contributed by atoms with Crippen LogP contribution >= 0.6 is 0 Å². The van der Waals surface area contributed by atoms with Gasteiger partial charge in [0.05, 0.1) is 6.20 Å². The van der Waals surface area contributed by atoms with Crippen molar-refractivity contribution < 1.29 is 0 Å². The first-order valence-electron chi connectivity index (χ1n) is 3.19. The highest BCUT2D eigenvalue weighted by Crippen LogP contribution is 2.06. The number of nitrogens with zero attached hydrogens (tertiary/aromatic N) is 5. The first-order chi connectivity index (χ1) is 5.83. The molecule has 0 spiro atoms. The lowest BCUT2D eigenvalue weighted by molar-refractivity contribution is 0.891. The lowest BCUT2D eigenvalue weighted by atomic mass is 10.5. The van der Waals surface area contributed by atoms with Gasteiger partial charge in [0, 0.05) is 6.07 Å². The lowest BCUT2D eigenvalue weighted by Crippen LogP contribution is -2.05. The number of hydrogen-bond acceptors (Lipinski definition) is 5. The zero-order valence-electron chi connectivity index (χ0n) is 5.97. The molecule has 0 fully saturated rings. The minimum atomic E-state index is 0.0891. The average molecular weight is 160 g/mol. The largest absolute Gasteiger partial charge is 0.381 e. The van der Waals surface area contributed by atoms with Crippen molar-refractivity contribution in [3.8, 4) is 6.07 Å². The maximum atomic E-state index is 8.54. The van der Waals surface area contributed by atoms with Gasteiger partial charge in [-0.15, -0.1) is 10.2 Å². The fourth-order valence-corrected chi connectivity index (χ4v) is 0.890. The van der Waals surface area contributed by atoms with E-state index in [2.05, 4.69) is 15.3 Å². The van der Waals surface area contributed by atoms with Gasteiger partial charge in [-0.3, -0.25) is 0 Å². The van der Waals surface area contributed by atoms with Crippen molar-refractivity contribution >= 4 is 11.5 Å². The van der Waals surface area contributed by atoms with Gasteiger partial charge in [0.1, 0.15) is 6.07 Å². The van der Waals surface area contributed by atoms with Gasteiger partial charge in [0.15, 0.2) is 11.5 Å². The van der Waals surface area contributed by atoms with Gasteiger partial charge in [0.2, 0.25) is 5.69 Å². The predicted octanol–water partition coefficient (Wildman–Crippen LogP) is -0.422. The summed E-state index contributed by atoms with van der Waals surface area (Å²) in [5.41, 5.74) is 6.17. The number of aromatic nitrogens is 4. The molecule has 0 atom stereocenters. The van der Waals surface area contributed by atoms with E-state index < -0.39 is 0 Å². The number of nitrogens with two attached hydrogens (primary N) is 1. The van der Waals surface area contributed by atoms with Gasteiger partial charge in [-0.2, -0.15) is 14.9 Å². The predicted molar refractivity (Wildman–Crippen MR) is 39.9 cm³/mol. The van der Waals surface area contributed by atoms with Crippen LogP contribution in [0.25, 0.3) is 5.65 Å². The Labute approximate surface area is 67.2 Å². The van der Waals surface area contributed by atoms with Crippen LogP contribution in [-0.2, 0) is 0 Å². The molecule has 2 aromatic heterocycles. The summed E-state index contributed by atoms with van der Waals surface area (Å²) >= 11 is 0. The summed E-state index contributed by atoms with van der Waals surface area (Å²) in [6, 6.07) is 3.47. The molecule has 6 heteroatoms. The molecule has 0 aliphatic carbocycles. The monoisotopic (exact) mass is 160 g/mol. The first-order valence-corrected chi connectivity index (χ1v) is 3.19. The smallest absolute Gasteiger partial charge is 0.205 e. The second kappa shape index (κ2) is 2.17. The summed E-state index contributed by atoms with van der Waals surface area (Å²) in [6.07, 6.45) is 1.54. The van der Waals surface area contributed by atoms with Crippen LogP contribution in [0, 0.1) is 11.3 Å². The SMILES string of the molecule is N#Cc1nnc2ccnn2c1N. The van der Waals surface area contributed by atoms with Crippen LogP contribution in [0.3, 0.4) is 0 Å². The molecule has 0 aliphatic rings. The molecule has 0 bridgehead atoms. The Balaban J connectivity index is 2.89. The second-order valence-corrected chi connectivity index (χ2v) is 2.15. The molecule has 2 aromatic rings. The zero-order valence-corrected chi connectivity index (χ0v) is 5.97. The Morgan fingerprint density at radius 2 is 2.33 bits per heavy atom. The van der Waals surface area contributed by atoms with Crippen LogP contribution in [0.1, 0.15) is 5.69 Å². The Morgan fingerprint density at radius 1 is 1.50 bits per heavy atom. The van der Waals surface area contributed by atoms with Crippen LogP contribution in [0.15, 0.2) is 12.3 Å². The Bertz CT molecular complexity index is 464. The molecule has 0 aliphatic heterocycles. The third kappa shape index (κ3) is 0.703. The topological polar surface area (TPSA) is 92.9 Å². The molecule has 2 rings (SSSR count). The Kier molecular flexibility index (Phi) is 1.18. The van der Waals surface area contributed by atoms with Crippen LogP contribution in [0.4, 0.5) is 5.82 Å². The van der Waals surface area contributed by atoms with Crippen molar-refractivity contribution in [2.45, 2.75) is 0 Å². The van der Waals surface area contributed by atoms with E-state index >= 15 is 0 Å². The van der Waals surface area contributed by atoms with Gasteiger partial charge >= 0.3 is 0 Å². The molecule has 0 amide bonds. The molecule has 0 saturated carbocycles. The third-order valence-corrected chi connectivity index (χ3v) is 1.45. The van der Waals surface area contributed by atoms with E-state index in [1.165, 1.54) is 4.52 Å². The third-order valence-electron chi connectivity index (χ3n) is 1.45. The summed E-state index contributed by atoms with van der Waals surface area (Å²) in [4.78, 5) is 0. The number of hydrogen-bond donors (Lipinski definition) is 1. The van der Waals surface area contributed by atoms with Gasteiger partial charge < -0.3 is 5.73 Å². The molecule has 6 nitrogen and oxygen atoms in total. The van der Waals surface area contributed by atoms with Gasteiger partial charge in [0.25, 0.3) is 0 Å². The highest BCUT2D eigenvalue weighted by atomic mass is 15.3. The van der Waals surface area contributed by atoms with Gasteiger partial charge in [-0.25, -0.2) is 0 Å². The molecule has 12 heavy (non-hydrogen) atoms. The van der Waals surface area contributed by atoms with Crippen molar-refractivity contribution in [1.82, 2.24) is 19.8 Å². The number of rotatable bonds is 0. The fraction of sp³-hybridized carbons (Fsp3) is 0. The fourth-order valence-electron chi connectivity index (χ4n) is 0.890. The minimum Gasteiger partial charge on any atom is -0.381 e. The van der Waals surface area contributed by atoms with E-state index in [0.717, 1.165) is 0 Å². The Hall–Kier alpha value is -2.16. The molecule has 58 valence electrons. The number of anilines is 1. The summed E-state index contributed by atoms with van der Waals surface area (Å²) in [7, 11) is 0. The van der Waals surface area contributed by atoms with Crippen molar-refractivity contribution in [3.05, 3.63) is 18.0 Å². The van der Waals surface area contributed by atoms with Crippen LogP contribution in [0.5, 0.6) is 0 Å². The highest BCUT2D eigenvalue weighted by Gasteiger charge is 2.05. The van der Waals surface area contributed by atoms with Crippen molar-refractivity contribution in [1.29, 1.82) is 5.26 Å². The van der Waals surface area contributed by atoms with E-state index in [1.807, 2.05) is 6.07 Å². The van der Waals surface area contributed by atoms with Gasteiger partial charge in [-0.1, -0.05) is 0 Å². The minimum absolute atomic E-state index is 0.0891. The van der Waals surface area contributed by atoms with E-state index in [9.17, 15) is 0 Å². The Morgan fingerprint density at radius 3 is 3.08 bits per heavy atom. The first kappa shape index (κ1) is 6.54. The van der Waals surface area contributed by atoms with Crippen LogP contribution < -0.4 is 5.73 Å². The molecule has 0 radical (unpaired) electrons. The molecular weight excluding hydrogens is 156 g/mol. The number of nitriles is 1.